The van der Waals surface area contributed by atoms with E-state index in [0.29, 0.717) is 6.54 Å². The van der Waals surface area contributed by atoms with E-state index >= 15 is 0 Å². The van der Waals surface area contributed by atoms with Gasteiger partial charge in [0.25, 0.3) is 0 Å². The molecular weight excluding hydrogens is 278 g/mol. The first-order chi connectivity index (χ1) is 7.24. The van der Waals surface area contributed by atoms with Crippen LogP contribution in [-0.4, -0.2) is 42.5 Å². The molecule has 3 nitrogen and oxygen atoms in total. The SMILES string of the molecule is COC(=O)C(Br)CNCC1CCSCC1. The Hall–Kier alpha value is 0.260. The zero-order valence-corrected chi connectivity index (χ0v) is 11.4. The molecule has 88 valence electrons. The van der Waals surface area contributed by atoms with Crippen LogP contribution >= 0.6 is 27.7 Å². The maximum absolute atomic E-state index is 11.1. The molecule has 0 aliphatic carbocycles. The second-order valence-corrected chi connectivity index (χ2v) is 6.03. The van der Waals surface area contributed by atoms with Crippen molar-refractivity contribution in [2.24, 2.45) is 5.92 Å². The second kappa shape index (κ2) is 7.52. The van der Waals surface area contributed by atoms with Crippen LogP contribution in [0.5, 0.6) is 0 Å². The largest absolute Gasteiger partial charge is 0.468 e. The average molecular weight is 296 g/mol. The molecule has 1 aliphatic rings. The van der Waals surface area contributed by atoms with Crippen molar-refractivity contribution < 1.29 is 9.53 Å². The number of halogens is 1. The molecule has 0 radical (unpaired) electrons. The van der Waals surface area contributed by atoms with Crippen molar-refractivity contribution in [3.8, 4) is 0 Å². The Morgan fingerprint density at radius 2 is 2.27 bits per heavy atom. The first-order valence-electron chi connectivity index (χ1n) is 5.24. The fourth-order valence-corrected chi connectivity index (χ4v) is 3.20. The standard InChI is InChI=1S/C10H18BrNO2S/c1-14-10(13)9(11)7-12-6-8-2-4-15-5-3-8/h8-9,12H,2-7H2,1H3. The van der Waals surface area contributed by atoms with E-state index in [0.717, 1.165) is 12.5 Å². The van der Waals surface area contributed by atoms with E-state index < -0.39 is 0 Å². The van der Waals surface area contributed by atoms with E-state index in [2.05, 4.69) is 26.0 Å². The van der Waals surface area contributed by atoms with Crippen LogP contribution in [0.15, 0.2) is 0 Å². The van der Waals surface area contributed by atoms with Crippen LogP contribution in [0.3, 0.4) is 0 Å². The Morgan fingerprint density at radius 3 is 2.87 bits per heavy atom. The van der Waals surface area contributed by atoms with Gasteiger partial charge in [0, 0.05) is 6.54 Å². The highest BCUT2D eigenvalue weighted by atomic mass is 79.9. The van der Waals surface area contributed by atoms with E-state index in [9.17, 15) is 4.79 Å². The van der Waals surface area contributed by atoms with Crippen LogP contribution in [-0.2, 0) is 9.53 Å². The van der Waals surface area contributed by atoms with Crippen LogP contribution < -0.4 is 5.32 Å². The molecule has 1 rings (SSSR count). The predicted molar refractivity (Wildman–Crippen MR) is 67.6 cm³/mol. The van der Waals surface area contributed by atoms with Crippen LogP contribution in [0.4, 0.5) is 0 Å². The summed E-state index contributed by atoms with van der Waals surface area (Å²) in [5.74, 6) is 3.13. The summed E-state index contributed by atoms with van der Waals surface area (Å²) in [6, 6.07) is 0. The van der Waals surface area contributed by atoms with Crippen molar-refractivity contribution in [3.63, 3.8) is 0 Å². The summed E-state index contributed by atoms with van der Waals surface area (Å²) in [5, 5.41) is 3.31. The Balaban J connectivity index is 2.07. The minimum absolute atomic E-state index is 0.207. The molecule has 1 unspecified atom stereocenters. The normalized spacial score (nSPS) is 19.9. The van der Waals surface area contributed by atoms with Crippen LogP contribution in [0.2, 0.25) is 0 Å². The first-order valence-corrected chi connectivity index (χ1v) is 7.31. The maximum atomic E-state index is 11.1. The van der Waals surface area contributed by atoms with Crippen LogP contribution in [0.1, 0.15) is 12.8 Å². The fraction of sp³-hybridized carbons (Fsp3) is 0.900. The third kappa shape index (κ3) is 5.22. The smallest absolute Gasteiger partial charge is 0.320 e. The monoisotopic (exact) mass is 295 g/mol. The summed E-state index contributed by atoms with van der Waals surface area (Å²) in [7, 11) is 1.41. The molecular formula is C10H18BrNO2S. The van der Waals surface area contributed by atoms with E-state index in [-0.39, 0.29) is 10.8 Å². The van der Waals surface area contributed by atoms with Crippen molar-refractivity contribution in [2.75, 3.05) is 31.7 Å². The molecule has 0 spiro atoms. The molecule has 0 aromatic heterocycles. The Bertz CT molecular complexity index is 198. The van der Waals surface area contributed by atoms with Crippen molar-refractivity contribution in [1.82, 2.24) is 5.32 Å². The van der Waals surface area contributed by atoms with Crippen molar-refractivity contribution >= 4 is 33.7 Å². The van der Waals surface area contributed by atoms with Crippen LogP contribution in [0, 0.1) is 5.92 Å². The number of methoxy groups -OCH3 is 1. The van der Waals surface area contributed by atoms with Gasteiger partial charge in [0.05, 0.1) is 7.11 Å². The van der Waals surface area contributed by atoms with E-state index in [4.69, 9.17) is 0 Å². The molecule has 0 bridgehead atoms. The summed E-state index contributed by atoms with van der Waals surface area (Å²) < 4.78 is 4.63. The first kappa shape index (κ1) is 13.3. The highest BCUT2D eigenvalue weighted by molar-refractivity contribution is 9.10. The molecule has 1 fully saturated rings. The van der Waals surface area contributed by atoms with Crippen molar-refractivity contribution in [1.29, 1.82) is 0 Å². The van der Waals surface area contributed by atoms with E-state index in [1.165, 1.54) is 31.5 Å². The fourth-order valence-electron chi connectivity index (χ4n) is 1.58. The number of nitrogens with one attached hydrogen (secondary N) is 1. The lowest BCUT2D eigenvalue weighted by Crippen LogP contribution is -2.33. The number of carbonyl (C=O) groups excluding carboxylic acids is 1. The van der Waals surface area contributed by atoms with Gasteiger partial charge in [0.15, 0.2) is 0 Å². The van der Waals surface area contributed by atoms with Crippen LogP contribution in [0.25, 0.3) is 0 Å². The minimum atomic E-state index is -0.222. The third-order valence-corrected chi connectivity index (χ3v) is 4.30. The summed E-state index contributed by atoms with van der Waals surface area (Å²) in [6.07, 6.45) is 2.59. The topological polar surface area (TPSA) is 38.3 Å². The average Bonchev–Trinajstić information content (AvgIpc) is 2.29. The Kier molecular flexibility index (Phi) is 6.68. The quantitative estimate of drug-likeness (QED) is 0.618. The molecule has 1 N–H and O–H groups in total. The van der Waals surface area contributed by atoms with Gasteiger partial charge in [-0.25, -0.2) is 0 Å². The van der Waals surface area contributed by atoms with Crippen molar-refractivity contribution in [3.05, 3.63) is 0 Å². The number of hydrogen-bond donors (Lipinski definition) is 1. The molecule has 15 heavy (non-hydrogen) atoms. The molecule has 0 saturated carbocycles. The zero-order valence-electron chi connectivity index (χ0n) is 9.00. The van der Waals surface area contributed by atoms with Gasteiger partial charge in [0.1, 0.15) is 4.83 Å². The summed E-state index contributed by atoms with van der Waals surface area (Å²) in [5.41, 5.74) is 0. The summed E-state index contributed by atoms with van der Waals surface area (Å²) in [4.78, 5) is 10.9. The van der Waals surface area contributed by atoms with Gasteiger partial charge in [-0.05, 0) is 36.8 Å². The number of rotatable bonds is 5. The van der Waals surface area contributed by atoms with Gasteiger partial charge >= 0.3 is 5.97 Å². The Labute approximate surface area is 104 Å². The lowest BCUT2D eigenvalue weighted by atomic mass is 10.0. The molecule has 1 saturated heterocycles. The number of carbonyl (C=O) groups is 1. The lowest BCUT2D eigenvalue weighted by Gasteiger charge is -2.22. The number of hydrogen-bond acceptors (Lipinski definition) is 4. The molecule has 0 amide bonds. The number of alkyl halides is 1. The summed E-state index contributed by atoms with van der Waals surface area (Å²) in [6.45, 7) is 1.66. The highest BCUT2D eigenvalue weighted by Gasteiger charge is 2.17. The molecule has 0 aromatic rings. The molecule has 1 aliphatic heterocycles. The maximum Gasteiger partial charge on any atom is 0.320 e. The van der Waals surface area contributed by atoms with Gasteiger partial charge in [0.2, 0.25) is 0 Å². The predicted octanol–water partition coefficient (Wildman–Crippen LogP) is 1.66. The minimum Gasteiger partial charge on any atom is -0.468 e. The Morgan fingerprint density at radius 1 is 1.60 bits per heavy atom. The molecule has 1 heterocycles. The molecule has 1 atom stereocenters. The summed E-state index contributed by atoms with van der Waals surface area (Å²) >= 11 is 5.32. The van der Waals surface area contributed by atoms with E-state index in [1.54, 1.807) is 0 Å². The molecule has 0 aromatic carbocycles. The molecule has 5 heteroatoms. The number of esters is 1. The second-order valence-electron chi connectivity index (χ2n) is 3.70. The van der Waals surface area contributed by atoms with Gasteiger partial charge in [-0.2, -0.15) is 11.8 Å². The van der Waals surface area contributed by atoms with Gasteiger partial charge in [-0.15, -0.1) is 0 Å². The van der Waals surface area contributed by atoms with E-state index in [1.807, 2.05) is 11.8 Å². The van der Waals surface area contributed by atoms with Crippen molar-refractivity contribution in [2.45, 2.75) is 17.7 Å². The zero-order chi connectivity index (χ0) is 11.1. The highest BCUT2D eigenvalue weighted by Crippen LogP contribution is 2.21. The van der Waals surface area contributed by atoms with Gasteiger partial charge < -0.3 is 10.1 Å². The van der Waals surface area contributed by atoms with Gasteiger partial charge in [-0.1, -0.05) is 15.9 Å². The third-order valence-electron chi connectivity index (χ3n) is 2.55. The lowest BCUT2D eigenvalue weighted by molar-refractivity contribution is -0.139. The van der Waals surface area contributed by atoms with Gasteiger partial charge in [-0.3, -0.25) is 4.79 Å². The number of thioether (sulfide) groups is 1. The number of ether oxygens (including phenoxy) is 1.